The number of nitrogens with one attached hydrogen (secondary N) is 6. The summed E-state index contributed by atoms with van der Waals surface area (Å²) >= 11 is 2.44. The number of carboxylic acids is 1. The number of aliphatic carboxylic acids is 1. The van der Waals surface area contributed by atoms with E-state index in [4.69, 9.17) is 28.9 Å². The molecule has 4 atom stereocenters. The van der Waals surface area contributed by atoms with Crippen molar-refractivity contribution in [2.45, 2.75) is 123 Å². The number of amides is 9. The third-order valence-electron chi connectivity index (χ3n) is 21.7. The van der Waals surface area contributed by atoms with Crippen molar-refractivity contribution in [3.63, 3.8) is 0 Å². The van der Waals surface area contributed by atoms with Gasteiger partial charge in [0.2, 0.25) is 35.5 Å². The van der Waals surface area contributed by atoms with Gasteiger partial charge in [0.05, 0.1) is 99.1 Å². The lowest BCUT2D eigenvalue weighted by Crippen LogP contribution is -2.59. The SMILES string of the molecule is COc1ccc(C#CCNC2(C)CCN(C3CCN(c4nc([C@@](CO)(OC5CC5)c5ccccc5)c5cc(-c6cn(C)c(=O)c7[nH]ccc67)ccc5n4)CC3)CC2)cc1N1CCC(=O)N(CNC(=O)[C@H](CC(=O)O)NC(=O)[C@H](CO)NC(=O)[C@@H](C)NC(=O)CCOCCOCCN2C(=O)C(Sc3ccccc3)=C(Sc3ccccc3)C2=O)C1=O. The van der Waals surface area contributed by atoms with Gasteiger partial charge in [0.1, 0.15) is 36.1 Å². The number of aryl methyl sites for hydroxylation is 1. The Morgan fingerprint density at radius 2 is 1.39 bits per heavy atom. The molecular weight excluding hydrogens is 1570 g/mol. The molecule has 5 aromatic carbocycles. The number of carbonyl (C=O) groups excluding carboxylic acids is 8. The fourth-order valence-electron chi connectivity index (χ4n) is 14.9. The van der Waals surface area contributed by atoms with Gasteiger partial charge >= 0.3 is 12.0 Å². The standard InChI is InChI=1S/C86H96N14O17S2/c1-54(90-70(103)32-43-115-45-46-116-44-42-99-81(111)74(118-60-18-10-6-11-19-60)75(82(99)112)119-61-20-12-7-13-21-61)77(107)92-67(51-101)79(109)91-66(49-72(105)106)78(108)88-53-100-71(104)31-39-98(84(100)113)68-47-55(22-27-69(68)114-4)15-14-35-89-85(2)33-40-96(41-34-85)58-29-37-97(38-30-58)83-93-65-26-23-56(64-50-95(3)80(110)73-62(64)28-36-87-73)48-63(65)76(94-83)86(52-102,117-59-24-25-59)57-16-8-5-9-17-57/h5-13,16-23,26-28,36,47-48,50,54,58-59,66-67,87,89,101-102H,24-25,29-35,37-46,49,51-53H2,1-4H3,(H,88,108)(H,90,103)(H,91,109)(H,92,107)(H,105,106)/t54-,66+,67+,86+/m1/s1. The Kier molecular flexibility index (Phi) is 28.1. The number of carboxylic acid groups (broad SMARTS) is 1. The summed E-state index contributed by atoms with van der Waals surface area (Å²) in [6.45, 7) is 4.94. The number of aliphatic hydroxyl groups is 2. The number of carbonyl (C=O) groups is 9. The van der Waals surface area contributed by atoms with Crippen molar-refractivity contribution >= 4 is 110 Å². The summed E-state index contributed by atoms with van der Waals surface area (Å²) in [7, 11) is 3.16. The fraction of sp³-hybridized carbons (Fsp3) is 0.395. The van der Waals surface area contributed by atoms with Crippen LogP contribution in [0.5, 0.6) is 5.75 Å². The number of fused-ring (bicyclic) bond motifs is 2. The summed E-state index contributed by atoms with van der Waals surface area (Å²) in [5, 5.41) is 46.1. The maximum atomic E-state index is 14.2. The zero-order chi connectivity index (χ0) is 83.9. The third-order valence-corrected chi connectivity index (χ3v) is 24.0. The monoisotopic (exact) mass is 1660 g/mol. The summed E-state index contributed by atoms with van der Waals surface area (Å²) in [4.78, 5) is 157. The average molecular weight is 1660 g/mol. The van der Waals surface area contributed by atoms with Crippen LogP contribution in [0.2, 0.25) is 0 Å². The molecular formula is C86H96N14O17S2. The van der Waals surface area contributed by atoms with Crippen LogP contribution in [0.4, 0.5) is 16.4 Å². The largest absolute Gasteiger partial charge is 0.495 e. The summed E-state index contributed by atoms with van der Waals surface area (Å²) in [6, 6.07) is 36.0. The molecule has 3 aromatic heterocycles. The van der Waals surface area contributed by atoms with Crippen LogP contribution in [0.1, 0.15) is 88.5 Å². The molecule has 4 aliphatic heterocycles. The van der Waals surface area contributed by atoms with Crippen LogP contribution < -0.4 is 46.7 Å². The molecule has 5 aliphatic rings. The van der Waals surface area contributed by atoms with Crippen molar-refractivity contribution in [1.82, 2.24) is 60.8 Å². The molecule has 119 heavy (non-hydrogen) atoms. The van der Waals surface area contributed by atoms with Gasteiger partial charge < -0.3 is 80.2 Å². The lowest BCUT2D eigenvalue weighted by atomic mass is 9.87. The number of aromatic nitrogens is 4. The van der Waals surface area contributed by atoms with E-state index in [0.29, 0.717) is 62.1 Å². The molecule has 0 bridgehead atoms. The van der Waals surface area contributed by atoms with Gasteiger partial charge in [-0.05, 0) is 124 Å². The number of ether oxygens (including phenoxy) is 4. The minimum Gasteiger partial charge on any atom is -0.495 e. The number of pyridine rings is 1. The first-order valence-electron chi connectivity index (χ1n) is 39.6. The number of methoxy groups -OCH3 is 1. The second kappa shape index (κ2) is 39.0. The maximum absolute atomic E-state index is 14.2. The van der Waals surface area contributed by atoms with Gasteiger partial charge in [-0.25, -0.2) is 19.7 Å². The quantitative estimate of drug-likeness (QED) is 0.0121. The first-order chi connectivity index (χ1) is 57.5. The molecule has 33 heteroatoms. The van der Waals surface area contributed by atoms with Crippen LogP contribution in [-0.4, -0.2) is 238 Å². The summed E-state index contributed by atoms with van der Waals surface area (Å²) in [6.07, 6.45) is 7.49. The molecule has 8 aromatic rings. The molecule has 13 rings (SSSR count). The van der Waals surface area contributed by atoms with E-state index in [2.05, 4.69) is 66.2 Å². The van der Waals surface area contributed by atoms with Gasteiger partial charge in [-0.15, -0.1) is 0 Å². The van der Waals surface area contributed by atoms with E-state index in [1.54, 1.807) is 36.0 Å². The highest BCUT2D eigenvalue weighted by Gasteiger charge is 2.46. The summed E-state index contributed by atoms with van der Waals surface area (Å²) < 4.78 is 25.4. The molecule has 1 saturated carbocycles. The van der Waals surface area contributed by atoms with E-state index in [9.17, 15) is 63.3 Å². The topological polar surface area (TPSA) is 391 Å². The third kappa shape index (κ3) is 20.5. The van der Waals surface area contributed by atoms with E-state index in [-0.39, 0.29) is 76.2 Å². The molecule has 0 unspecified atom stereocenters. The number of imide groups is 2. The van der Waals surface area contributed by atoms with E-state index >= 15 is 0 Å². The van der Waals surface area contributed by atoms with Crippen LogP contribution in [-0.2, 0) is 65.2 Å². The summed E-state index contributed by atoms with van der Waals surface area (Å²) in [5.74, 6) is 0.439. The minimum atomic E-state index is -1.83. The van der Waals surface area contributed by atoms with Gasteiger partial charge in [0.25, 0.3) is 17.4 Å². The second-order valence-corrected chi connectivity index (χ2v) is 32.1. The first kappa shape index (κ1) is 85.6. The Balaban J connectivity index is 0.547. The first-order valence-corrected chi connectivity index (χ1v) is 41.3. The number of nitrogens with zero attached hydrogens (tertiary/aromatic N) is 8. The highest BCUT2D eigenvalue weighted by molar-refractivity contribution is 8.08. The lowest BCUT2D eigenvalue weighted by Gasteiger charge is -2.45. The Morgan fingerprint density at radius 3 is 2.03 bits per heavy atom. The number of rotatable bonds is 36. The van der Waals surface area contributed by atoms with Crippen molar-refractivity contribution in [2.24, 2.45) is 7.05 Å². The molecule has 0 radical (unpaired) electrons. The minimum absolute atomic E-state index is 0.0102. The number of urea groups is 1. The number of benzene rings is 5. The molecule has 1 aliphatic carbocycles. The average Bonchev–Trinajstić information content (AvgIpc) is 0.840. The van der Waals surface area contributed by atoms with Crippen molar-refractivity contribution in [1.29, 1.82) is 0 Å². The molecule has 3 saturated heterocycles. The molecule has 31 nitrogen and oxygen atoms in total. The number of anilines is 2. The normalized spacial score (nSPS) is 17.2. The number of thioether (sulfide) groups is 2. The lowest BCUT2D eigenvalue weighted by molar-refractivity contribution is -0.141. The van der Waals surface area contributed by atoms with Gasteiger partial charge in [-0.3, -0.25) is 53.0 Å². The Labute approximate surface area is 695 Å². The van der Waals surface area contributed by atoms with E-state index in [1.165, 1.54) is 42.5 Å². The smallest absolute Gasteiger partial charge is 0.332 e. The zero-order valence-electron chi connectivity index (χ0n) is 66.5. The van der Waals surface area contributed by atoms with Crippen LogP contribution in [0.3, 0.4) is 0 Å². The van der Waals surface area contributed by atoms with Crippen molar-refractivity contribution in [3.8, 4) is 28.7 Å². The number of aromatic amines is 1. The second-order valence-electron chi connectivity index (χ2n) is 30.0. The van der Waals surface area contributed by atoms with Gasteiger partial charge in [-0.1, -0.05) is 108 Å². The van der Waals surface area contributed by atoms with Crippen LogP contribution in [0, 0.1) is 11.8 Å². The fourth-order valence-corrected chi connectivity index (χ4v) is 17.0. The number of aliphatic hydroxyl groups excluding tert-OH is 2. The molecule has 7 heterocycles. The highest BCUT2D eigenvalue weighted by atomic mass is 32.2. The van der Waals surface area contributed by atoms with E-state index in [0.717, 1.165) is 112 Å². The Bertz CT molecular complexity index is 5180. The molecule has 4 fully saturated rings. The number of hydrogen-bond donors (Lipinski definition) is 9. The number of H-pyrrole nitrogens is 1. The summed E-state index contributed by atoms with van der Waals surface area (Å²) in [5.41, 5.74) is 3.53. The number of hydrogen-bond acceptors (Lipinski definition) is 23. The van der Waals surface area contributed by atoms with Crippen LogP contribution in [0.25, 0.3) is 32.9 Å². The predicted octanol–water partition coefficient (Wildman–Crippen LogP) is 6.13. The predicted molar refractivity (Wildman–Crippen MR) is 445 cm³/mol. The molecule has 9 amide bonds. The van der Waals surface area contributed by atoms with Crippen LogP contribution >= 0.6 is 23.5 Å². The van der Waals surface area contributed by atoms with E-state index < -0.39 is 96.8 Å². The molecule has 624 valence electrons. The molecule has 0 spiro atoms. The number of piperidine rings is 2. The van der Waals surface area contributed by atoms with Crippen molar-refractivity contribution in [2.75, 3.05) is 109 Å². The van der Waals surface area contributed by atoms with Crippen molar-refractivity contribution < 1.29 is 77.4 Å². The molecule has 9 N–H and O–H groups in total. The van der Waals surface area contributed by atoms with Crippen LogP contribution in [0.15, 0.2) is 170 Å². The van der Waals surface area contributed by atoms with Gasteiger partial charge in [0.15, 0.2) is 5.60 Å². The van der Waals surface area contributed by atoms with Gasteiger partial charge in [-0.2, -0.15) is 0 Å². The maximum Gasteiger partial charge on any atom is 0.332 e. The number of likely N-dealkylation sites (tertiary alicyclic amines) is 1. The highest BCUT2D eigenvalue weighted by Crippen LogP contribution is 2.45. The van der Waals surface area contributed by atoms with Crippen molar-refractivity contribution in [3.05, 3.63) is 183 Å². The Morgan fingerprint density at radius 1 is 0.723 bits per heavy atom. The Hall–Kier alpha value is -11.3. The zero-order valence-corrected chi connectivity index (χ0v) is 68.1. The van der Waals surface area contributed by atoms with Gasteiger partial charge in [0, 0.05) is 108 Å². The van der Waals surface area contributed by atoms with E-state index in [1.807, 2.05) is 115 Å².